The van der Waals surface area contributed by atoms with Crippen LogP contribution in [0.25, 0.3) is 0 Å². The SMILES string of the molecule is C[C@@]1(c2cc(N)ccc2F)C/C(=C/CO)SC(N)=N1. The lowest BCUT2D eigenvalue weighted by molar-refractivity contribution is 0.341. The molecule has 0 saturated heterocycles. The molecule has 1 aliphatic rings. The van der Waals surface area contributed by atoms with Crippen molar-refractivity contribution in [2.75, 3.05) is 12.3 Å². The molecule has 1 atom stereocenters. The minimum absolute atomic E-state index is 0.0783. The van der Waals surface area contributed by atoms with Gasteiger partial charge >= 0.3 is 0 Å². The van der Waals surface area contributed by atoms with Crippen molar-refractivity contribution in [3.63, 3.8) is 0 Å². The molecule has 1 heterocycles. The molecule has 0 spiro atoms. The molecule has 0 unspecified atom stereocenters. The normalized spacial score (nSPS) is 25.4. The van der Waals surface area contributed by atoms with Crippen molar-refractivity contribution >= 4 is 22.6 Å². The molecule has 0 amide bonds. The third-order valence-electron chi connectivity index (χ3n) is 3.00. The largest absolute Gasteiger partial charge is 0.399 e. The van der Waals surface area contributed by atoms with Crippen molar-refractivity contribution in [1.29, 1.82) is 0 Å². The molecule has 0 aliphatic carbocycles. The summed E-state index contributed by atoms with van der Waals surface area (Å²) >= 11 is 1.29. The maximum absolute atomic E-state index is 14.0. The highest BCUT2D eigenvalue weighted by atomic mass is 32.2. The molecule has 0 bridgehead atoms. The van der Waals surface area contributed by atoms with Crippen LogP contribution in [-0.4, -0.2) is 16.9 Å². The van der Waals surface area contributed by atoms with Crippen LogP contribution in [0.1, 0.15) is 18.9 Å². The minimum atomic E-state index is -0.796. The van der Waals surface area contributed by atoms with Gasteiger partial charge in [-0.2, -0.15) is 0 Å². The maximum Gasteiger partial charge on any atom is 0.159 e. The van der Waals surface area contributed by atoms with Crippen LogP contribution in [0.15, 0.2) is 34.2 Å². The molecular weight excluding hydrogens is 265 g/mol. The van der Waals surface area contributed by atoms with E-state index >= 15 is 0 Å². The van der Waals surface area contributed by atoms with Crippen molar-refractivity contribution < 1.29 is 9.50 Å². The molecule has 0 aromatic heterocycles. The summed E-state index contributed by atoms with van der Waals surface area (Å²) < 4.78 is 14.0. The molecule has 5 N–H and O–H groups in total. The highest BCUT2D eigenvalue weighted by Crippen LogP contribution is 2.42. The molecular formula is C13H16FN3OS. The fourth-order valence-corrected chi connectivity index (χ4v) is 3.17. The lowest BCUT2D eigenvalue weighted by Gasteiger charge is -2.31. The number of hydrogen-bond donors (Lipinski definition) is 3. The Bertz CT molecular complexity index is 559. The summed E-state index contributed by atoms with van der Waals surface area (Å²) in [5.74, 6) is -0.358. The van der Waals surface area contributed by atoms with Crippen LogP contribution in [0.5, 0.6) is 0 Å². The van der Waals surface area contributed by atoms with E-state index in [1.807, 2.05) is 6.92 Å². The second-order valence-corrected chi connectivity index (χ2v) is 5.74. The summed E-state index contributed by atoms with van der Waals surface area (Å²) in [5.41, 5.74) is 11.6. The molecule has 1 aromatic rings. The topological polar surface area (TPSA) is 84.6 Å². The average molecular weight is 281 g/mol. The fourth-order valence-electron chi connectivity index (χ4n) is 2.14. The van der Waals surface area contributed by atoms with Crippen LogP contribution in [0.4, 0.5) is 10.1 Å². The number of benzene rings is 1. The van der Waals surface area contributed by atoms with Gasteiger partial charge in [0.2, 0.25) is 0 Å². The highest BCUT2D eigenvalue weighted by molar-refractivity contribution is 8.17. The number of anilines is 1. The number of nitrogens with two attached hydrogens (primary N) is 2. The van der Waals surface area contributed by atoms with Crippen molar-refractivity contribution in [3.05, 3.63) is 40.6 Å². The van der Waals surface area contributed by atoms with Crippen LogP contribution in [0.2, 0.25) is 0 Å². The van der Waals surface area contributed by atoms with E-state index in [0.717, 1.165) is 4.91 Å². The number of halogens is 1. The molecule has 0 fully saturated rings. The Morgan fingerprint density at radius 2 is 2.26 bits per heavy atom. The number of aliphatic hydroxyl groups is 1. The predicted octanol–water partition coefficient (Wildman–Crippen LogP) is 1.95. The van der Waals surface area contributed by atoms with Crippen LogP contribution < -0.4 is 11.5 Å². The number of nitrogens with zero attached hydrogens (tertiary/aromatic N) is 1. The van der Waals surface area contributed by atoms with Gasteiger partial charge in [0, 0.05) is 17.7 Å². The molecule has 1 aliphatic heterocycles. The van der Waals surface area contributed by atoms with Crippen LogP contribution in [0, 0.1) is 5.82 Å². The summed E-state index contributed by atoms with van der Waals surface area (Å²) in [6, 6.07) is 4.43. The van der Waals surface area contributed by atoms with Crippen LogP contribution >= 0.6 is 11.8 Å². The lowest BCUT2D eigenvalue weighted by atomic mass is 9.88. The second-order valence-electron chi connectivity index (χ2n) is 4.60. The fraction of sp³-hybridized carbons (Fsp3) is 0.308. The molecule has 0 radical (unpaired) electrons. The highest BCUT2D eigenvalue weighted by Gasteiger charge is 2.34. The maximum atomic E-state index is 14.0. The van der Waals surface area contributed by atoms with Crippen molar-refractivity contribution in [2.24, 2.45) is 10.7 Å². The molecule has 4 nitrogen and oxygen atoms in total. The van der Waals surface area contributed by atoms with E-state index in [2.05, 4.69) is 4.99 Å². The Morgan fingerprint density at radius 3 is 2.95 bits per heavy atom. The van der Waals surface area contributed by atoms with Gasteiger partial charge in [0.15, 0.2) is 5.17 Å². The Hall–Kier alpha value is -1.53. The lowest BCUT2D eigenvalue weighted by Crippen LogP contribution is -2.29. The Balaban J connectivity index is 2.49. The number of thioether (sulfide) groups is 1. The monoisotopic (exact) mass is 281 g/mol. The summed E-state index contributed by atoms with van der Waals surface area (Å²) in [6.45, 7) is 1.73. The summed E-state index contributed by atoms with van der Waals surface area (Å²) in [5, 5.41) is 9.34. The quantitative estimate of drug-likeness (QED) is 0.723. The predicted molar refractivity (Wildman–Crippen MR) is 77.2 cm³/mol. The first kappa shape index (κ1) is 13.9. The first-order valence-corrected chi connectivity index (χ1v) is 6.65. The Morgan fingerprint density at radius 1 is 1.53 bits per heavy atom. The minimum Gasteiger partial charge on any atom is -0.399 e. The summed E-state index contributed by atoms with van der Waals surface area (Å²) in [7, 11) is 0. The molecule has 102 valence electrons. The molecule has 2 rings (SSSR count). The van der Waals surface area contributed by atoms with E-state index in [-0.39, 0.29) is 12.4 Å². The number of hydrogen-bond acceptors (Lipinski definition) is 5. The van der Waals surface area contributed by atoms with E-state index < -0.39 is 5.54 Å². The molecule has 6 heteroatoms. The van der Waals surface area contributed by atoms with Gasteiger partial charge in [0.1, 0.15) is 5.82 Å². The second kappa shape index (κ2) is 5.22. The van der Waals surface area contributed by atoms with Crippen molar-refractivity contribution in [3.8, 4) is 0 Å². The first-order chi connectivity index (χ1) is 8.94. The van der Waals surface area contributed by atoms with Gasteiger partial charge in [0.05, 0.1) is 12.1 Å². The van der Waals surface area contributed by atoms with E-state index in [4.69, 9.17) is 16.6 Å². The van der Waals surface area contributed by atoms with Crippen molar-refractivity contribution in [2.45, 2.75) is 18.9 Å². The number of rotatable bonds is 2. The Labute approximate surface area is 115 Å². The van der Waals surface area contributed by atoms with Gasteiger partial charge in [-0.1, -0.05) is 11.8 Å². The van der Waals surface area contributed by atoms with E-state index in [0.29, 0.717) is 22.8 Å². The van der Waals surface area contributed by atoms with Gasteiger partial charge in [-0.3, -0.25) is 4.99 Å². The third kappa shape index (κ3) is 2.90. The van der Waals surface area contributed by atoms with Crippen molar-refractivity contribution in [1.82, 2.24) is 0 Å². The zero-order valence-electron chi connectivity index (χ0n) is 10.6. The number of nitrogen functional groups attached to an aromatic ring is 1. The van der Waals surface area contributed by atoms with Gasteiger partial charge in [0.25, 0.3) is 0 Å². The zero-order chi connectivity index (χ0) is 14.0. The molecule has 0 saturated carbocycles. The standard InChI is InChI=1S/C13H16FN3OS/c1-13(10-6-8(15)2-3-11(10)14)7-9(4-5-18)19-12(16)17-13/h2-4,6,18H,5,7,15H2,1H3,(H2,16,17)/b9-4-/t13-/m0/s1. The number of amidine groups is 1. The first-order valence-electron chi connectivity index (χ1n) is 5.83. The van der Waals surface area contributed by atoms with E-state index in [9.17, 15) is 4.39 Å². The third-order valence-corrected chi connectivity index (χ3v) is 3.87. The van der Waals surface area contributed by atoms with E-state index in [1.165, 1.54) is 23.9 Å². The molecule has 1 aromatic carbocycles. The zero-order valence-corrected chi connectivity index (χ0v) is 11.4. The molecule has 19 heavy (non-hydrogen) atoms. The number of aliphatic imine (C=N–C) groups is 1. The summed E-state index contributed by atoms with van der Waals surface area (Å²) in [4.78, 5) is 5.23. The van der Waals surface area contributed by atoms with Crippen LogP contribution in [-0.2, 0) is 5.54 Å². The van der Waals surface area contributed by atoms with E-state index in [1.54, 1.807) is 12.1 Å². The van der Waals surface area contributed by atoms with Gasteiger partial charge < -0.3 is 16.6 Å². The average Bonchev–Trinajstić information content (AvgIpc) is 2.31. The van der Waals surface area contributed by atoms with Gasteiger partial charge in [-0.25, -0.2) is 4.39 Å². The van der Waals surface area contributed by atoms with Gasteiger partial charge in [-0.05, 0) is 36.1 Å². The van der Waals surface area contributed by atoms with Gasteiger partial charge in [-0.15, -0.1) is 0 Å². The van der Waals surface area contributed by atoms with Crippen LogP contribution in [0.3, 0.4) is 0 Å². The summed E-state index contributed by atoms with van der Waals surface area (Å²) in [6.07, 6.45) is 2.15. The number of aliphatic hydroxyl groups excluding tert-OH is 1. The smallest absolute Gasteiger partial charge is 0.159 e. The Kier molecular flexibility index (Phi) is 3.82.